The quantitative estimate of drug-likeness (QED) is 0.815. The highest BCUT2D eigenvalue weighted by Crippen LogP contribution is 2.33. The molecule has 0 atom stereocenters. The van der Waals surface area contributed by atoms with E-state index in [1.807, 2.05) is 0 Å². The van der Waals surface area contributed by atoms with Crippen molar-refractivity contribution in [1.29, 1.82) is 0 Å². The van der Waals surface area contributed by atoms with E-state index in [0.29, 0.717) is 30.3 Å². The summed E-state index contributed by atoms with van der Waals surface area (Å²) in [4.78, 5) is 12.5. The first-order valence-electron chi connectivity index (χ1n) is 5.93. The highest BCUT2D eigenvalue weighted by atomic mass is 32.1. The topological polar surface area (TPSA) is 73.6 Å². The van der Waals surface area contributed by atoms with Crippen LogP contribution in [-0.2, 0) is 0 Å². The highest BCUT2D eigenvalue weighted by molar-refractivity contribution is 7.80. The van der Waals surface area contributed by atoms with Gasteiger partial charge in [-0.2, -0.15) is 0 Å². The van der Waals surface area contributed by atoms with E-state index in [9.17, 15) is 4.79 Å². The molecule has 0 saturated carbocycles. The lowest BCUT2D eigenvalue weighted by Gasteiger charge is -2.26. The number of fused-ring (bicyclic) bond motifs is 1. The molecule has 0 aromatic heterocycles. The van der Waals surface area contributed by atoms with E-state index in [1.54, 1.807) is 32.0 Å². The minimum absolute atomic E-state index is 0.225. The van der Waals surface area contributed by atoms with Crippen LogP contribution in [0.2, 0.25) is 0 Å². The van der Waals surface area contributed by atoms with Gasteiger partial charge in [-0.05, 0) is 26.0 Å². The Balaban J connectivity index is 2.27. The fourth-order valence-electron chi connectivity index (χ4n) is 1.67. The monoisotopic (exact) mass is 280 g/mol. The van der Waals surface area contributed by atoms with Gasteiger partial charge in [0.25, 0.3) is 5.91 Å². The van der Waals surface area contributed by atoms with Crippen molar-refractivity contribution in [3.8, 4) is 11.5 Å². The first kappa shape index (κ1) is 13.6. The van der Waals surface area contributed by atoms with Gasteiger partial charge in [-0.25, -0.2) is 0 Å². The third kappa shape index (κ3) is 2.78. The molecule has 6 heteroatoms. The van der Waals surface area contributed by atoms with E-state index in [-0.39, 0.29) is 10.9 Å². The Hall–Kier alpha value is -1.82. The zero-order chi connectivity index (χ0) is 14.0. The molecule has 102 valence electrons. The van der Waals surface area contributed by atoms with Gasteiger partial charge in [0.15, 0.2) is 11.5 Å². The highest BCUT2D eigenvalue weighted by Gasteiger charge is 2.27. The average molecular weight is 280 g/mol. The van der Waals surface area contributed by atoms with Crippen molar-refractivity contribution in [2.24, 2.45) is 5.73 Å². The maximum atomic E-state index is 12.3. The van der Waals surface area contributed by atoms with Crippen LogP contribution in [0.3, 0.4) is 0 Å². The van der Waals surface area contributed by atoms with E-state index >= 15 is 0 Å². The summed E-state index contributed by atoms with van der Waals surface area (Å²) in [6.45, 7) is 4.41. The molecular weight excluding hydrogens is 264 g/mol. The van der Waals surface area contributed by atoms with Gasteiger partial charge in [-0.3, -0.25) is 4.79 Å². The summed E-state index contributed by atoms with van der Waals surface area (Å²) < 4.78 is 10.9. The first-order chi connectivity index (χ1) is 8.92. The molecule has 1 amide bonds. The Morgan fingerprint density at radius 2 is 2.05 bits per heavy atom. The molecule has 0 radical (unpaired) electrons. The number of amides is 1. The van der Waals surface area contributed by atoms with Gasteiger partial charge in [0.05, 0.1) is 16.1 Å². The van der Waals surface area contributed by atoms with Crippen LogP contribution in [0.4, 0.5) is 0 Å². The lowest BCUT2D eigenvalue weighted by Crippen LogP contribution is -2.52. The second-order valence-corrected chi connectivity index (χ2v) is 5.21. The third-order valence-corrected chi connectivity index (χ3v) is 3.36. The standard InChI is InChI=1S/C13H16N2O3S/c1-13(2,12(14)19)15-11(16)8-4-3-5-9-10(8)18-7-6-17-9/h3-5H,6-7H2,1-2H3,(H2,14,19)(H,15,16). The van der Waals surface area contributed by atoms with Crippen LogP contribution in [0.25, 0.3) is 0 Å². The number of nitrogens with one attached hydrogen (secondary N) is 1. The maximum Gasteiger partial charge on any atom is 0.255 e. The zero-order valence-corrected chi connectivity index (χ0v) is 11.7. The molecule has 3 N–H and O–H groups in total. The Morgan fingerprint density at radius 1 is 1.37 bits per heavy atom. The van der Waals surface area contributed by atoms with Crippen molar-refractivity contribution < 1.29 is 14.3 Å². The lowest BCUT2D eigenvalue weighted by molar-refractivity contribution is 0.0921. The van der Waals surface area contributed by atoms with E-state index in [2.05, 4.69) is 5.32 Å². The molecule has 19 heavy (non-hydrogen) atoms. The van der Waals surface area contributed by atoms with Gasteiger partial charge in [0, 0.05) is 0 Å². The number of hydrogen-bond donors (Lipinski definition) is 2. The maximum absolute atomic E-state index is 12.3. The average Bonchev–Trinajstić information content (AvgIpc) is 2.37. The van der Waals surface area contributed by atoms with Crippen molar-refractivity contribution >= 4 is 23.1 Å². The molecule has 0 saturated heterocycles. The fraction of sp³-hybridized carbons (Fsp3) is 0.385. The summed E-state index contributed by atoms with van der Waals surface area (Å²) >= 11 is 4.93. The molecule has 1 heterocycles. The molecule has 0 aliphatic carbocycles. The molecule has 0 bridgehead atoms. The smallest absolute Gasteiger partial charge is 0.255 e. The van der Waals surface area contributed by atoms with E-state index in [1.165, 1.54) is 0 Å². The molecule has 1 aliphatic heterocycles. The van der Waals surface area contributed by atoms with Gasteiger partial charge < -0.3 is 20.5 Å². The number of nitrogens with two attached hydrogens (primary N) is 1. The van der Waals surface area contributed by atoms with Crippen molar-refractivity contribution in [3.63, 3.8) is 0 Å². The van der Waals surface area contributed by atoms with Crippen LogP contribution in [0.5, 0.6) is 11.5 Å². The summed E-state index contributed by atoms with van der Waals surface area (Å²) in [6, 6.07) is 5.19. The largest absolute Gasteiger partial charge is 0.486 e. The number of thiocarbonyl (C=S) groups is 1. The van der Waals surface area contributed by atoms with Crippen LogP contribution >= 0.6 is 12.2 Å². The van der Waals surface area contributed by atoms with E-state index in [4.69, 9.17) is 27.4 Å². The summed E-state index contributed by atoms with van der Waals surface area (Å²) in [5.41, 5.74) is 5.25. The predicted octanol–water partition coefficient (Wildman–Crippen LogP) is 1.25. The number of rotatable bonds is 3. The molecule has 5 nitrogen and oxygen atoms in total. The normalized spacial score (nSPS) is 13.8. The van der Waals surface area contributed by atoms with Crippen LogP contribution in [0.15, 0.2) is 18.2 Å². The van der Waals surface area contributed by atoms with Crippen LogP contribution in [0, 0.1) is 0 Å². The summed E-state index contributed by atoms with van der Waals surface area (Å²) in [6.07, 6.45) is 0. The van der Waals surface area contributed by atoms with Crippen LogP contribution in [-0.4, -0.2) is 29.6 Å². The van der Waals surface area contributed by atoms with Crippen molar-refractivity contribution in [2.45, 2.75) is 19.4 Å². The van der Waals surface area contributed by atoms with Gasteiger partial charge in [-0.1, -0.05) is 18.3 Å². The molecule has 1 aromatic carbocycles. The first-order valence-corrected chi connectivity index (χ1v) is 6.33. The number of benzene rings is 1. The minimum atomic E-state index is -0.759. The fourth-order valence-corrected chi connectivity index (χ4v) is 1.72. The Labute approximate surface area is 117 Å². The van der Waals surface area contributed by atoms with Gasteiger partial charge in [0.2, 0.25) is 0 Å². The summed E-state index contributed by atoms with van der Waals surface area (Å²) in [5, 5.41) is 2.78. The lowest BCUT2D eigenvalue weighted by atomic mass is 10.0. The number of para-hydroxylation sites is 1. The second kappa shape index (κ2) is 5.05. The Bertz CT molecular complexity index is 529. The van der Waals surface area contributed by atoms with Crippen molar-refractivity contribution in [3.05, 3.63) is 23.8 Å². The van der Waals surface area contributed by atoms with Gasteiger partial charge >= 0.3 is 0 Å². The number of carbonyl (C=O) groups excluding carboxylic acids is 1. The Morgan fingerprint density at radius 3 is 2.74 bits per heavy atom. The van der Waals surface area contributed by atoms with Crippen LogP contribution < -0.4 is 20.5 Å². The summed E-state index contributed by atoms with van der Waals surface area (Å²) in [5.74, 6) is 0.747. The summed E-state index contributed by atoms with van der Waals surface area (Å²) in [7, 11) is 0. The zero-order valence-electron chi connectivity index (χ0n) is 10.9. The SMILES string of the molecule is CC(C)(NC(=O)c1cccc2c1OCCO2)C(N)=S. The molecule has 1 aromatic rings. The molecular formula is C13H16N2O3S. The molecule has 0 spiro atoms. The van der Waals surface area contributed by atoms with E-state index < -0.39 is 5.54 Å². The second-order valence-electron chi connectivity index (χ2n) is 4.77. The third-order valence-electron chi connectivity index (χ3n) is 2.85. The van der Waals surface area contributed by atoms with Gasteiger partial charge in [0.1, 0.15) is 13.2 Å². The van der Waals surface area contributed by atoms with Crippen molar-refractivity contribution in [2.75, 3.05) is 13.2 Å². The molecule has 1 aliphatic rings. The Kier molecular flexibility index (Phi) is 3.61. The van der Waals surface area contributed by atoms with Gasteiger partial charge in [-0.15, -0.1) is 0 Å². The molecule has 2 rings (SSSR count). The van der Waals surface area contributed by atoms with Crippen molar-refractivity contribution in [1.82, 2.24) is 5.32 Å². The predicted molar refractivity (Wildman–Crippen MR) is 75.8 cm³/mol. The van der Waals surface area contributed by atoms with E-state index in [0.717, 1.165) is 0 Å². The number of hydrogen-bond acceptors (Lipinski definition) is 4. The number of ether oxygens (including phenoxy) is 2. The molecule has 0 fully saturated rings. The molecule has 0 unspecified atom stereocenters. The minimum Gasteiger partial charge on any atom is -0.486 e. The van der Waals surface area contributed by atoms with Crippen LogP contribution in [0.1, 0.15) is 24.2 Å². The number of carbonyl (C=O) groups is 1.